The van der Waals surface area contributed by atoms with E-state index in [1.165, 1.54) is 12.3 Å². The number of carbonyl (C=O) groups excluding carboxylic acids is 1. The fourth-order valence-corrected chi connectivity index (χ4v) is 3.03. The lowest BCUT2D eigenvalue weighted by molar-refractivity contribution is 0.0951. The highest BCUT2D eigenvalue weighted by Crippen LogP contribution is 2.29. The number of rotatable bonds is 5. The van der Waals surface area contributed by atoms with Gasteiger partial charge < -0.3 is 9.73 Å². The maximum absolute atomic E-state index is 14.0. The molecule has 1 aromatic heterocycles. The van der Waals surface area contributed by atoms with E-state index in [0.717, 1.165) is 5.56 Å². The Morgan fingerprint density at radius 2 is 1.70 bits per heavy atom. The zero-order valence-electron chi connectivity index (χ0n) is 15.8. The highest BCUT2D eigenvalue weighted by molar-refractivity contribution is 6.00. The second kappa shape index (κ2) is 8.41. The van der Waals surface area contributed by atoms with Crippen molar-refractivity contribution in [2.75, 3.05) is 0 Å². The summed E-state index contributed by atoms with van der Waals surface area (Å²) in [6, 6.07) is 22.2. The summed E-state index contributed by atoms with van der Waals surface area (Å²) in [5.74, 6) is -0.178. The lowest BCUT2D eigenvalue weighted by Crippen LogP contribution is -2.23. The van der Waals surface area contributed by atoms with Gasteiger partial charge in [0.2, 0.25) is 5.89 Å². The number of aromatic nitrogens is 1. The van der Waals surface area contributed by atoms with Crippen molar-refractivity contribution >= 4 is 5.91 Å². The molecule has 0 aliphatic heterocycles. The van der Waals surface area contributed by atoms with Crippen molar-refractivity contribution in [3.05, 3.63) is 102 Å². The first-order chi connectivity index (χ1) is 14.7. The summed E-state index contributed by atoms with van der Waals surface area (Å²) < 4.78 is 19.8. The van der Waals surface area contributed by atoms with Crippen LogP contribution >= 0.6 is 0 Å². The molecule has 4 rings (SSSR count). The lowest BCUT2D eigenvalue weighted by Gasteiger charge is -2.08. The number of halogens is 1. The minimum Gasteiger partial charge on any atom is -0.436 e. The monoisotopic (exact) mass is 397 g/mol. The van der Waals surface area contributed by atoms with E-state index in [1.807, 2.05) is 0 Å². The van der Waals surface area contributed by atoms with Crippen LogP contribution in [0.15, 0.2) is 83.4 Å². The summed E-state index contributed by atoms with van der Waals surface area (Å²) in [5.41, 5.74) is 2.65. The first-order valence-corrected chi connectivity index (χ1v) is 9.23. The number of hydrogen-bond donors (Lipinski definition) is 1. The molecule has 6 heteroatoms. The van der Waals surface area contributed by atoms with E-state index in [0.29, 0.717) is 28.8 Å². The molecule has 1 amide bonds. The molecule has 0 aliphatic rings. The van der Waals surface area contributed by atoms with Gasteiger partial charge in [-0.15, -0.1) is 0 Å². The van der Waals surface area contributed by atoms with Crippen molar-refractivity contribution < 1.29 is 13.6 Å². The molecule has 5 nitrogen and oxygen atoms in total. The number of amides is 1. The molecule has 0 unspecified atom stereocenters. The summed E-state index contributed by atoms with van der Waals surface area (Å²) >= 11 is 0. The first-order valence-electron chi connectivity index (χ1n) is 9.23. The van der Waals surface area contributed by atoms with Gasteiger partial charge in [0.25, 0.3) is 5.91 Å². The van der Waals surface area contributed by atoms with Gasteiger partial charge in [0.1, 0.15) is 5.82 Å². The van der Waals surface area contributed by atoms with E-state index < -0.39 is 5.82 Å². The number of nitriles is 1. The smallest absolute Gasteiger partial charge is 0.252 e. The van der Waals surface area contributed by atoms with Crippen LogP contribution in [0.3, 0.4) is 0 Å². The number of carbonyl (C=O) groups is 1. The van der Waals surface area contributed by atoms with Crippen LogP contribution in [0.2, 0.25) is 0 Å². The zero-order valence-corrected chi connectivity index (χ0v) is 15.8. The van der Waals surface area contributed by atoms with Gasteiger partial charge in [0.15, 0.2) is 5.76 Å². The fraction of sp³-hybridized carbons (Fsp3) is 0.0417. The van der Waals surface area contributed by atoms with Crippen molar-refractivity contribution in [3.8, 4) is 28.8 Å². The molecule has 1 heterocycles. The maximum atomic E-state index is 14.0. The minimum absolute atomic E-state index is 0.234. The third-order valence-electron chi connectivity index (χ3n) is 4.58. The minimum atomic E-state index is -0.409. The first kappa shape index (κ1) is 19.1. The zero-order chi connectivity index (χ0) is 20.9. The third kappa shape index (κ3) is 3.96. The summed E-state index contributed by atoms with van der Waals surface area (Å²) in [6.07, 6.45) is 1.44. The second-order valence-electron chi connectivity index (χ2n) is 6.55. The Balaban J connectivity index is 1.56. The van der Waals surface area contributed by atoms with Crippen LogP contribution in [0, 0.1) is 17.1 Å². The SMILES string of the molecule is N#Cc1ccc(CNC(=O)c2ccccc2-c2ncc(-c3ccccc3F)o2)cc1. The van der Waals surface area contributed by atoms with Gasteiger partial charge in [0.05, 0.1) is 29.0 Å². The van der Waals surface area contributed by atoms with E-state index in [2.05, 4.69) is 16.4 Å². The molecule has 0 fully saturated rings. The normalized spacial score (nSPS) is 10.4. The van der Waals surface area contributed by atoms with Crippen molar-refractivity contribution in [3.63, 3.8) is 0 Å². The molecule has 0 spiro atoms. The Morgan fingerprint density at radius 1 is 1.00 bits per heavy atom. The molecular formula is C24H16FN3O2. The van der Waals surface area contributed by atoms with E-state index >= 15 is 0 Å². The van der Waals surface area contributed by atoms with Crippen LogP contribution in [0.5, 0.6) is 0 Å². The Morgan fingerprint density at radius 3 is 2.43 bits per heavy atom. The average molecular weight is 397 g/mol. The van der Waals surface area contributed by atoms with Gasteiger partial charge in [-0.3, -0.25) is 4.79 Å². The number of nitrogens with one attached hydrogen (secondary N) is 1. The maximum Gasteiger partial charge on any atom is 0.252 e. The van der Waals surface area contributed by atoms with E-state index in [4.69, 9.17) is 9.68 Å². The molecule has 0 radical (unpaired) electrons. The largest absolute Gasteiger partial charge is 0.436 e. The van der Waals surface area contributed by atoms with Crippen molar-refractivity contribution in [1.29, 1.82) is 5.26 Å². The number of benzene rings is 3. The molecule has 3 aromatic carbocycles. The van der Waals surface area contributed by atoms with Crippen LogP contribution in [0.25, 0.3) is 22.8 Å². The van der Waals surface area contributed by atoms with Crippen LogP contribution in [-0.4, -0.2) is 10.9 Å². The van der Waals surface area contributed by atoms with Crippen LogP contribution in [0.1, 0.15) is 21.5 Å². The van der Waals surface area contributed by atoms with E-state index in [1.54, 1.807) is 66.7 Å². The van der Waals surface area contributed by atoms with Gasteiger partial charge in [0, 0.05) is 12.1 Å². The third-order valence-corrected chi connectivity index (χ3v) is 4.58. The molecule has 0 saturated heterocycles. The molecule has 0 atom stereocenters. The topological polar surface area (TPSA) is 78.9 Å². The number of hydrogen-bond acceptors (Lipinski definition) is 4. The molecule has 30 heavy (non-hydrogen) atoms. The van der Waals surface area contributed by atoms with Gasteiger partial charge in [-0.05, 0) is 42.0 Å². The van der Waals surface area contributed by atoms with Crippen molar-refractivity contribution in [1.82, 2.24) is 10.3 Å². The van der Waals surface area contributed by atoms with E-state index in [9.17, 15) is 9.18 Å². The van der Waals surface area contributed by atoms with Gasteiger partial charge in [-0.1, -0.05) is 36.4 Å². The lowest BCUT2D eigenvalue weighted by atomic mass is 10.1. The van der Waals surface area contributed by atoms with Crippen LogP contribution in [0.4, 0.5) is 4.39 Å². The van der Waals surface area contributed by atoms with Crippen molar-refractivity contribution in [2.45, 2.75) is 6.54 Å². The Kier molecular flexibility index (Phi) is 5.35. The summed E-state index contributed by atoms with van der Waals surface area (Å²) in [7, 11) is 0. The predicted molar refractivity (Wildman–Crippen MR) is 110 cm³/mol. The number of oxazole rings is 1. The quantitative estimate of drug-likeness (QED) is 0.517. The van der Waals surface area contributed by atoms with Gasteiger partial charge in [-0.25, -0.2) is 9.37 Å². The summed E-state index contributed by atoms with van der Waals surface area (Å²) in [6.45, 7) is 0.310. The molecule has 4 aromatic rings. The molecule has 0 saturated carbocycles. The van der Waals surface area contributed by atoms with Crippen molar-refractivity contribution in [2.24, 2.45) is 0 Å². The van der Waals surface area contributed by atoms with E-state index in [-0.39, 0.29) is 17.6 Å². The summed E-state index contributed by atoms with van der Waals surface area (Å²) in [5, 5.41) is 11.7. The highest BCUT2D eigenvalue weighted by atomic mass is 19.1. The molecular weight excluding hydrogens is 381 g/mol. The van der Waals surface area contributed by atoms with Crippen LogP contribution in [-0.2, 0) is 6.54 Å². The second-order valence-corrected chi connectivity index (χ2v) is 6.55. The van der Waals surface area contributed by atoms with Gasteiger partial charge in [-0.2, -0.15) is 5.26 Å². The standard InChI is InChI=1S/C24H16FN3O2/c25-21-8-4-3-7-20(21)22-15-28-24(30-22)19-6-2-1-5-18(19)23(29)27-14-17-11-9-16(13-26)10-12-17/h1-12,15H,14H2,(H,27,29). The molecule has 0 aliphatic carbocycles. The van der Waals surface area contributed by atoms with Gasteiger partial charge >= 0.3 is 0 Å². The Bertz CT molecular complexity index is 1240. The summed E-state index contributed by atoms with van der Waals surface area (Å²) in [4.78, 5) is 17.0. The molecule has 146 valence electrons. The number of nitrogens with zero attached hydrogens (tertiary/aromatic N) is 2. The molecule has 1 N–H and O–H groups in total. The predicted octanol–water partition coefficient (Wildman–Crippen LogP) is 4.95. The van der Waals surface area contributed by atoms with Crippen LogP contribution < -0.4 is 5.32 Å². The Hall–Kier alpha value is -4.24. The Labute approximate surface area is 172 Å². The molecule has 0 bridgehead atoms. The average Bonchev–Trinajstić information content (AvgIpc) is 3.28. The highest BCUT2D eigenvalue weighted by Gasteiger charge is 2.17. The fourth-order valence-electron chi connectivity index (χ4n) is 3.03.